The van der Waals surface area contributed by atoms with Gasteiger partial charge in [-0.3, -0.25) is 4.90 Å². The molecule has 1 aromatic rings. The van der Waals surface area contributed by atoms with Crippen LogP contribution in [0.5, 0.6) is 0 Å². The van der Waals surface area contributed by atoms with E-state index in [2.05, 4.69) is 4.90 Å². The van der Waals surface area contributed by atoms with Crippen LogP contribution in [0.2, 0.25) is 0 Å². The number of hydrogen-bond acceptors (Lipinski definition) is 4. The quantitative estimate of drug-likeness (QED) is 0.856. The fraction of sp³-hybridized carbons (Fsp3) is 0.600. The second-order valence-corrected chi connectivity index (χ2v) is 8.03. The number of benzene rings is 1. The van der Waals surface area contributed by atoms with E-state index in [1.807, 2.05) is 13.8 Å². The normalized spacial score (nSPS) is 21.6. The fourth-order valence-electron chi connectivity index (χ4n) is 3.27. The summed E-state index contributed by atoms with van der Waals surface area (Å²) in [5.74, 6) is 0. The maximum Gasteiger partial charge on any atom is 0.243 e. The van der Waals surface area contributed by atoms with Gasteiger partial charge in [0.2, 0.25) is 10.0 Å². The van der Waals surface area contributed by atoms with E-state index in [0.717, 1.165) is 24.2 Å². The van der Waals surface area contributed by atoms with Gasteiger partial charge >= 0.3 is 0 Å². The van der Waals surface area contributed by atoms with E-state index in [9.17, 15) is 8.42 Å². The number of anilines is 1. The Morgan fingerprint density at radius 2 is 1.57 bits per heavy atom. The van der Waals surface area contributed by atoms with Crippen molar-refractivity contribution in [3.05, 3.63) is 23.3 Å². The molecule has 0 unspecified atom stereocenters. The molecule has 0 atom stereocenters. The van der Waals surface area contributed by atoms with Gasteiger partial charge in [-0.15, -0.1) is 0 Å². The summed E-state index contributed by atoms with van der Waals surface area (Å²) in [6, 6.07) is 4.18. The van der Waals surface area contributed by atoms with Gasteiger partial charge in [-0.05, 0) is 49.9 Å². The van der Waals surface area contributed by atoms with Crippen LogP contribution in [-0.4, -0.2) is 49.8 Å². The number of piperazine rings is 1. The SMILES string of the molecule is Cc1cc(N)cc(C)c1S(=O)(=O)N1CCN(C2CC2)CC1. The number of nitrogen functional groups attached to an aromatic ring is 1. The maximum atomic E-state index is 12.9. The number of nitrogens with zero attached hydrogens (tertiary/aromatic N) is 2. The lowest BCUT2D eigenvalue weighted by Gasteiger charge is -2.34. The Morgan fingerprint density at radius 3 is 2.05 bits per heavy atom. The third kappa shape index (κ3) is 2.80. The zero-order chi connectivity index (χ0) is 15.2. The average molecular weight is 309 g/mol. The van der Waals surface area contributed by atoms with Gasteiger partial charge in [0.15, 0.2) is 0 Å². The molecule has 2 aliphatic rings. The lowest BCUT2D eigenvalue weighted by molar-refractivity contribution is 0.180. The minimum absolute atomic E-state index is 0.427. The average Bonchev–Trinajstić information content (AvgIpc) is 3.21. The van der Waals surface area contributed by atoms with Crippen molar-refractivity contribution in [1.82, 2.24) is 9.21 Å². The third-order valence-electron chi connectivity index (χ3n) is 4.42. The Bertz CT molecular complexity index is 622. The second-order valence-electron chi connectivity index (χ2n) is 6.16. The van der Waals surface area contributed by atoms with Gasteiger partial charge in [0.05, 0.1) is 4.90 Å². The first-order valence-corrected chi connectivity index (χ1v) is 8.94. The highest BCUT2D eigenvalue weighted by atomic mass is 32.2. The first-order valence-electron chi connectivity index (χ1n) is 7.50. The van der Waals surface area contributed by atoms with Gasteiger partial charge < -0.3 is 5.73 Å². The molecule has 0 amide bonds. The molecule has 0 spiro atoms. The van der Waals surface area contributed by atoms with Crippen LogP contribution < -0.4 is 5.73 Å². The van der Waals surface area contributed by atoms with Gasteiger partial charge in [0.25, 0.3) is 0 Å². The fourth-order valence-corrected chi connectivity index (χ4v) is 5.10. The summed E-state index contributed by atoms with van der Waals surface area (Å²) in [5, 5.41) is 0. The van der Waals surface area contributed by atoms with Gasteiger partial charge in [-0.25, -0.2) is 8.42 Å². The van der Waals surface area contributed by atoms with E-state index in [-0.39, 0.29) is 0 Å². The van der Waals surface area contributed by atoms with Crippen molar-refractivity contribution in [3.8, 4) is 0 Å². The molecule has 1 saturated carbocycles. The van der Waals surface area contributed by atoms with Crippen molar-refractivity contribution in [1.29, 1.82) is 0 Å². The summed E-state index contributed by atoms with van der Waals surface area (Å²) in [6.07, 6.45) is 2.53. The van der Waals surface area contributed by atoms with E-state index in [0.29, 0.717) is 29.7 Å². The Labute approximate surface area is 126 Å². The highest BCUT2D eigenvalue weighted by Gasteiger charge is 2.35. The summed E-state index contributed by atoms with van der Waals surface area (Å²) in [5.41, 5.74) is 7.87. The zero-order valence-corrected chi connectivity index (χ0v) is 13.5. The standard InChI is InChI=1S/C15H23N3O2S/c1-11-9-13(16)10-12(2)15(11)21(19,20)18-7-5-17(6-8-18)14-3-4-14/h9-10,14H,3-8,16H2,1-2H3. The number of aryl methyl sites for hydroxylation is 2. The van der Waals surface area contributed by atoms with Crippen LogP contribution >= 0.6 is 0 Å². The summed E-state index contributed by atoms with van der Waals surface area (Å²) in [4.78, 5) is 2.84. The molecule has 1 heterocycles. The van der Waals surface area contributed by atoms with Gasteiger partial charge in [-0.1, -0.05) is 0 Å². The molecule has 2 N–H and O–H groups in total. The van der Waals surface area contributed by atoms with Crippen LogP contribution in [-0.2, 0) is 10.0 Å². The Kier molecular flexibility index (Phi) is 3.71. The molecule has 0 bridgehead atoms. The lowest BCUT2D eigenvalue weighted by Crippen LogP contribution is -2.49. The molecule has 2 fully saturated rings. The summed E-state index contributed by atoms with van der Waals surface area (Å²) in [7, 11) is -3.42. The Morgan fingerprint density at radius 1 is 1.05 bits per heavy atom. The molecule has 21 heavy (non-hydrogen) atoms. The Hall–Kier alpha value is -1.11. The van der Waals surface area contributed by atoms with Crippen molar-refractivity contribution >= 4 is 15.7 Å². The molecule has 6 heteroatoms. The number of sulfonamides is 1. The summed E-state index contributed by atoms with van der Waals surface area (Å²) < 4.78 is 27.4. The van der Waals surface area contributed by atoms with Crippen LogP contribution in [0.3, 0.4) is 0 Å². The van der Waals surface area contributed by atoms with Crippen LogP contribution in [0.25, 0.3) is 0 Å². The van der Waals surface area contributed by atoms with Gasteiger partial charge in [0, 0.05) is 37.9 Å². The van der Waals surface area contributed by atoms with E-state index < -0.39 is 10.0 Å². The highest BCUT2D eigenvalue weighted by molar-refractivity contribution is 7.89. The molecular formula is C15H23N3O2S. The number of rotatable bonds is 3. The van der Waals surface area contributed by atoms with E-state index >= 15 is 0 Å². The van der Waals surface area contributed by atoms with Crippen LogP contribution in [0.4, 0.5) is 5.69 Å². The predicted molar refractivity (Wildman–Crippen MR) is 83.7 cm³/mol. The van der Waals surface area contributed by atoms with Crippen molar-refractivity contribution in [2.24, 2.45) is 0 Å². The molecule has 3 rings (SSSR count). The highest BCUT2D eigenvalue weighted by Crippen LogP contribution is 2.30. The zero-order valence-electron chi connectivity index (χ0n) is 12.7. The summed E-state index contributed by atoms with van der Waals surface area (Å²) in [6.45, 7) is 6.49. The second kappa shape index (κ2) is 5.26. The molecule has 1 saturated heterocycles. The van der Waals surface area contributed by atoms with Gasteiger partial charge in [-0.2, -0.15) is 4.31 Å². The van der Waals surface area contributed by atoms with Crippen molar-refractivity contribution in [2.75, 3.05) is 31.9 Å². The van der Waals surface area contributed by atoms with Crippen LogP contribution in [0.1, 0.15) is 24.0 Å². The van der Waals surface area contributed by atoms with Crippen molar-refractivity contribution in [2.45, 2.75) is 37.6 Å². The molecule has 1 aromatic carbocycles. The molecule has 0 aromatic heterocycles. The van der Waals surface area contributed by atoms with E-state index in [1.54, 1.807) is 16.4 Å². The van der Waals surface area contributed by atoms with E-state index in [4.69, 9.17) is 5.73 Å². The molecule has 0 radical (unpaired) electrons. The molecule has 1 aliphatic carbocycles. The maximum absolute atomic E-state index is 12.9. The lowest BCUT2D eigenvalue weighted by atomic mass is 10.1. The summed E-state index contributed by atoms with van der Waals surface area (Å²) >= 11 is 0. The third-order valence-corrected chi connectivity index (χ3v) is 6.62. The molecule has 1 aliphatic heterocycles. The van der Waals surface area contributed by atoms with Crippen LogP contribution in [0.15, 0.2) is 17.0 Å². The van der Waals surface area contributed by atoms with Crippen molar-refractivity contribution in [3.63, 3.8) is 0 Å². The number of nitrogens with two attached hydrogens (primary N) is 1. The first kappa shape index (κ1) is 14.8. The minimum atomic E-state index is -3.42. The predicted octanol–water partition coefficient (Wildman–Crippen LogP) is 1.35. The van der Waals surface area contributed by atoms with E-state index in [1.165, 1.54) is 12.8 Å². The van der Waals surface area contributed by atoms with Crippen molar-refractivity contribution < 1.29 is 8.42 Å². The number of hydrogen-bond donors (Lipinski definition) is 1. The molecular weight excluding hydrogens is 286 g/mol. The van der Waals surface area contributed by atoms with Gasteiger partial charge in [0.1, 0.15) is 0 Å². The minimum Gasteiger partial charge on any atom is -0.399 e. The first-order chi connectivity index (χ1) is 9.89. The van der Waals surface area contributed by atoms with Crippen LogP contribution in [0, 0.1) is 13.8 Å². The smallest absolute Gasteiger partial charge is 0.243 e. The Balaban J connectivity index is 1.84. The molecule has 5 nitrogen and oxygen atoms in total. The topological polar surface area (TPSA) is 66.6 Å². The monoisotopic (exact) mass is 309 g/mol. The molecule has 116 valence electrons. The largest absolute Gasteiger partial charge is 0.399 e.